The van der Waals surface area contributed by atoms with Crippen molar-refractivity contribution < 1.29 is 18.6 Å². The van der Waals surface area contributed by atoms with E-state index < -0.39 is 0 Å². The average molecular weight is 436 g/mol. The molecule has 31 heavy (non-hydrogen) atoms. The highest BCUT2D eigenvalue weighted by atomic mass is 32.1. The predicted octanol–water partition coefficient (Wildman–Crippen LogP) is 6.43. The number of aryl methyl sites for hydroxylation is 2. The Labute approximate surface area is 185 Å². The number of furan rings is 1. The maximum Gasteiger partial charge on any atom is 0.131 e. The van der Waals surface area contributed by atoms with E-state index in [1.54, 1.807) is 25.6 Å². The fourth-order valence-corrected chi connectivity index (χ4v) is 4.42. The number of thiophene rings is 1. The van der Waals surface area contributed by atoms with E-state index >= 15 is 0 Å². The maximum atomic E-state index is 6.05. The molecule has 0 spiro atoms. The third-order valence-corrected chi connectivity index (χ3v) is 5.95. The van der Waals surface area contributed by atoms with E-state index in [2.05, 4.69) is 23.6 Å². The summed E-state index contributed by atoms with van der Waals surface area (Å²) in [5.41, 5.74) is 1.78. The summed E-state index contributed by atoms with van der Waals surface area (Å²) >= 11 is 1.68. The molecule has 0 aliphatic heterocycles. The Kier molecular flexibility index (Phi) is 6.00. The first-order valence-corrected chi connectivity index (χ1v) is 10.9. The van der Waals surface area contributed by atoms with Crippen LogP contribution in [0.3, 0.4) is 0 Å². The van der Waals surface area contributed by atoms with Crippen molar-refractivity contribution in [3.8, 4) is 27.7 Å². The van der Waals surface area contributed by atoms with Crippen LogP contribution in [0.15, 0.2) is 57.3 Å². The molecule has 4 rings (SSSR count). The molecule has 2 aromatic carbocycles. The van der Waals surface area contributed by atoms with Crippen LogP contribution < -0.4 is 19.6 Å². The molecule has 0 amide bonds. The Morgan fingerprint density at radius 1 is 0.935 bits per heavy atom. The zero-order valence-corrected chi connectivity index (χ0v) is 19.1. The van der Waals surface area contributed by atoms with Gasteiger partial charge in [-0.2, -0.15) is 0 Å². The molecule has 0 saturated carbocycles. The Morgan fingerprint density at radius 3 is 2.26 bits per heavy atom. The van der Waals surface area contributed by atoms with E-state index in [0.29, 0.717) is 18.1 Å². The molecule has 4 aromatic rings. The minimum absolute atomic E-state index is 0.562. The van der Waals surface area contributed by atoms with Gasteiger partial charge in [-0.1, -0.05) is 6.07 Å². The molecule has 0 bridgehead atoms. The molecular formula is C25H25NO4S. The molecule has 0 fully saturated rings. The summed E-state index contributed by atoms with van der Waals surface area (Å²) in [5.74, 6) is 3.77. The van der Waals surface area contributed by atoms with Crippen LogP contribution in [0.1, 0.15) is 18.4 Å². The van der Waals surface area contributed by atoms with Crippen molar-refractivity contribution in [1.29, 1.82) is 0 Å². The Morgan fingerprint density at radius 2 is 1.65 bits per heavy atom. The Hall–Kier alpha value is -3.25. The van der Waals surface area contributed by atoms with Crippen LogP contribution in [0.4, 0.5) is 5.69 Å². The van der Waals surface area contributed by atoms with Crippen molar-refractivity contribution in [3.05, 3.63) is 64.7 Å². The standard InChI is InChI=1S/C25H25NO4S/c1-6-29-22-11-17(23-8-7-9-31-23)10-21(24-15(2)30-16(3)25(22)24)26-18-12-19(27-4)14-20(13-18)28-5/h7-14H,6H2,1-5H3. The van der Waals surface area contributed by atoms with Crippen LogP contribution in [0.25, 0.3) is 21.2 Å². The van der Waals surface area contributed by atoms with E-state index in [0.717, 1.165) is 49.5 Å². The smallest absolute Gasteiger partial charge is 0.131 e. The predicted molar refractivity (Wildman–Crippen MR) is 125 cm³/mol. The second-order valence-corrected chi connectivity index (χ2v) is 8.00. The number of hydrogen-bond acceptors (Lipinski definition) is 6. The van der Waals surface area contributed by atoms with Crippen molar-refractivity contribution in [2.24, 2.45) is 4.99 Å². The van der Waals surface area contributed by atoms with Gasteiger partial charge in [-0.3, -0.25) is 0 Å². The molecule has 0 aliphatic carbocycles. The summed E-state index contributed by atoms with van der Waals surface area (Å²) in [5, 5.41) is 4.74. The highest BCUT2D eigenvalue weighted by Crippen LogP contribution is 2.35. The van der Waals surface area contributed by atoms with Crippen molar-refractivity contribution in [1.82, 2.24) is 0 Å². The molecule has 0 aliphatic rings. The fraction of sp³-hybridized carbons (Fsp3) is 0.240. The highest BCUT2D eigenvalue weighted by molar-refractivity contribution is 7.13. The molecule has 6 heteroatoms. The van der Waals surface area contributed by atoms with Gasteiger partial charge in [0.25, 0.3) is 0 Å². The highest BCUT2D eigenvalue weighted by Gasteiger charge is 2.16. The summed E-state index contributed by atoms with van der Waals surface area (Å²) in [4.78, 5) is 6.15. The molecule has 0 radical (unpaired) electrons. The second-order valence-electron chi connectivity index (χ2n) is 7.05. The SMILES string of the molecule is CCOc1cc(-c2cccs2)cc(=Nc2cc(OC)cc(OC)c2)c2c(C)oc(C)c12. The molecule has 0 N–H and O–H groups in total. The topological polar surface area (TPSA) is 53.2 Å². The first-order valence-electron chi connectivity index (χ1n) is 10.1. The summed E-state index contributed by atoms with van der Waals surface area (Å²) in [7, 11) is 3.26. The van der Waals surface area contributed by atoms with E-state index in [-0.39, 0.29) is 0 Å². The normalized spacial score (nSPS) is 11.7. The minimum Gasteiger partial charge on any atom is -0.497 e. The number of fused-ring (bicyclic) bond motifs is 1. The maximum absolute atomic E-state index is 6.05. The lowest BCUT2D eigenvalue weighted by molar-refractivity contribution is 0.344. The van der Waals surface area contributed by atoms with Crippen molar-refractivity contribution in [3.63, 3.8) is 0 Å². The Bertz CT molecular complexity index is 1270. The molecular weight excluding hydrogens is 410 g/mol. The van der Waals surface area contributed by atoms with Gasteiger partial charge in [-0.25, -0.2) is 4.99 Å². The summed E-state index contributed by atoms with van der Waals surface area (Å²) in [6, 6.07) is 13.9. The van der Waals surface area contributed by atoms with Gasteiger partial charge in [0.05, 0.1) is 42.6 Å². The van der Waals surface area contributed by atoms with Gasteiger partial charge in [-0.15, -0.1) is 11.3 Å². The first kappa shape index (κ1) is 21.0. The van der Waals surface area contributed by atoms with Gasteiger partial charge in [0, 0.05) is 23.1 Å². The fourth-order valence-electron chi connectivity index (χ4n) is 3.70. The molecule has 2 heterocycles. The third-order valence-electron chi connectivity index (χ3n) is 5.03. The summed E-state index contributed by atoms with van der Waals surface area (Å²) in [6.07, 6.45) is 0. The lowest BCUT2D eigenvalue weighted by atomic mass is 10.2. The van der Waals surface area contributed by atoms with Crippen LogP contribution in [-0.4, -0.2) is 20.8 Å². The van der Waals surface area contributed by atoms with Gasteiger partial charge in [-0.05, 0) is 49.9 Å². The van der Waals surface area contributed by atoms with Crippen molar-refractivity contribution >= 4 is 27.8 Å². The van der Waals surface area contributed by atoms with Gasteiger partial charge in [0.15, 0.2) is 0 Å². The molecule has 0 atom stereocenters. The van der Waals surface area contributed by atoms with Crippen molar-refractivity contribution in [2.45, 2.75) is 20.8 Å². The van der Waals surface area contributed by atoms with Gasteiger partial charge in [0.1, 0.15) is 28.8 Å². The number of rotatable bonds is 6. The number of nitrogens with zero attached hydrogens (tertiary/aromatic N) is 1. The minimum atomic E-state index is 0.562. The van der Waals surface area contributed by atoms with Crippen LogP contribution in [0, 0.1) is 13.8 Å². The van der Waals surface area contributed by atoms with E-state index in [1.807, 2.05) is 45.0 Å². The second kappa shape index (κ2) is 8.86. The van der Waals surface area contributed by atoms with Crippen molar-refractivity contribution in [2.75, 3.05) is 20.8 Å². The monoisotopic (exact) mass is 435 g/mol. The van der Waals surface area contributed by atoms with E-state index in [9.17, 15) is 0 Å². The lowest BCUT2D eigenvalue weighted by Gasteiger charge is -2.05. The number of hydrogen-bond donors (Lipinski definition) is 0. The summed E-state index contributed by atoms with van der Waals surface area (Å²) in [6.45, 7) is 6.47. The van der Waals surface area contributed by atoms with Crippen LogP contribution in [0.2, 0.25) is 0 Å². The van der Waals surface area contributed by atoms with E-state index in [4.69, 9.17) is 23.6 Å². The van der Waals surface area contributed by atoms with Crippen LogP contribution >= 0.6 is 11.3 Å². The lowest BCUT2D eigenvalue weighted by Crippen LogP contribution is -2.00. The van der Waals surface area contributed by atoms with Crippen LogP contribution in [0.5, 0.6) is 17.2 Å². The first-order chi connectivity index (χ1) is 15.0. The molecule has 0 saturated heterocycles. The quantitative estimate of drug-likeness (QED) is 0.350. The molecule has 2 aromatic heterocycles. The largest absolute Gasteiger partial charge is 0.497 e. The molecule has 0 unspecified atom stereocenters. The molecule has 5 nitrogen and oxygen atoms in total. The number of benzene rings is 1. The number of ether oxygens (including phenoxy) is 3. The van der Waals surface area contributed by atoms with Crippen LogP contribution in [-0.2, 0) is 0 Å². The third kappa shape index (κ3) is 4.16. The van der Waals surface area contributed by atoms with E-state index in [1.165, 1.54) is 0 Å². The average Bonchev–Trinajstić information content (AvgIpc) is 3.35. The zero-order chi connectivity index (χ0) is 22.0. The van der Waals surface area contributed by atoms with Gasteiger partial charge < -0.3 is 18.6 Å². The summed E-state index contributed by atoms with van der Waals surface area (Å²) < 4.78 is 22.9. The Balaban J connectivity index is 2.12. The van der Waals surface area contributed by atoms with Gasteiger partial charge in [0.2, 0.25) is 0 Å². The zero-order valence-electron chi connectivity index (χ0n) is 18.3. The van der Waals surface area contributed by atoms with Gasteiger partial charge >= 0.3 is 0 Å². The number of methoxy groups -OCH3 is 2. The molecule has 160 valence electrons.